The Morgan fingerprint density at radius 3 is 2.48 bits per heavy atom. The van der Waals surface area contributed by atoms with Crippen LogP contribution in [0.25, 0.3) is 0 Å². The van der Waals surface area contributed by atoms with E-state index in [1.165, 1.54) is 18.8 Å². The molecule has 2 aliphatic heterocycles. The fourth-order valence-electron chi connectivity index (χ4n) is 4.08. The highest BCUT2D eigenvalue weighted by atomic mass is 35.5. The standard InChI is InChI=1S/C22H23ClN2O4/c23-16-8-6-15(7-9-16)19-18(20(26)17-5-4-14-29-17)21(27)22(28)25(19)13-12-24-10-2-1-3-11-24/h4-9,14,19,27H,1-3,10-13H2. The van der Waals surface area contributed by atoms with Crippen molar-refractivity contribution >= 4 is 23.3 Å². The van der Waals surface area contributed by atoms with Gasteiger partial charge in [0.2, 0.25) is 5.78 Å². The van der Waals surface area contributed by atoms with Gasteiger partial charge in [-0.1, -0.05) is 30.2 Å². The highest BCUT2D eigenvalue weighted by molar-refractivity contribution is 6.30. The van der Waals surface area contributed by atoms with Gasteiger partial charge < -0.3 is 19.3 Å². The van der Waals surface area contributed by atoms with E-state index < -0.39 is 23.5 Å². The highest BCUT2D eigenvalue weighted by Gasteiger charge is 2.44. The van der Waals surface area contributed by atoms with Gasteiger partial charge >= 0.3 is 0 Å². The summed E-state index contributed by atoms with van der Waals surface area (Å²) < 4.78 is 5.23. The van der Waals surface area contributed by atoms with Gasteiger partial charge in [-0.05, 0) is 55.8 Å². The molecule has 2 aromatic rings. The van der Waals surface area contributed by atoms with Crippen LogP contribution in [0.4, 0.5) is 0 Å². The van der Waals surface area contributed by atoms with E-state index >= 15 is 0 Å². The monoisotopic (exact) mass is 414 g/mol. The van der Waals surface area contributed by atoms with E-state index in [2.05, 4.69) is 4.90 Å². The van der Waals surface area contributed by atoms with E-state index in [-0.39, 0.29) is 11.3 Å². The van der Waals surface area contributed by atoms with Crippen LogP contribution in [-0.4, -0.2) is 52.8 Å². The maximum Gasteiger partial charge on any atom is 0.290 e. The first-order chi connectivity index (χ1) is 14.1. The number of aliphatic hydroxyl groups is 1. The number of nitrogens with zero attached hydrogens (tertiary/aromatic N) is 2. The van der Waals surface area contributed by atoms with Gasteiger partial charge in [-0.15, -0.1) is 0 Å². The van der Waals surface area contributed by atoms with Crippen molar-refractivity contribution < 1.29 is 19.1 Å². The number of benzene rings is 1. The van der Waals surface area contributed by atoms with E-state index in [0.29, 0.717) is 18.1 Å². The fraction of sp³-hybridized carbons (Fsp3) is 0.364. The molecule has 0 spiro atoms. The van der Waals surface area contributed by atoms with Gasteiger partial charge in [0.1, 0.15) is 0 Å². The van der Waals surface area contributed by atoms with Crippen LogP contribution in [0.3, 0.4) is 0 Å². The van der Waals surface area contributed by atoms with Gasteiger partial charge in [-0.25, -0.2) is 0 Å². The molecule has 0 bridgehead atoms. The molecule has 1 atom stereocenters. The molecule has 0 aliphatic carbocycles. The molecule has 6 nitrogen and oxygen atoms in total. The molecule has 3 heterocycles. The van der Waals surface area contributed by atoms with Gasteiger partial charge in [0, 0.05) is 18.1 Å². The number of carbonyl (C=O) groups excluding carboxylic acids is 2. The second-order valence-electron chi connectivity index (χ2n) is 7.42. The Hall–Kier alpha value is -2.57. The number of aliphatic hydroxyl groups excluding tert-OH is 1. The molecule has 1 aromatic heterocycles. The Labute approximate surface area is 174 Å². The lowest BCUT2D eigenvalue weighted by Crippen LogP contribution is -2.40. The van der Waals surface area contributed by atoms with Crippen LogP contribution in [0.2, 0.25) is 5.02 Å². The number of carbonyl (C=O) groups is 2. The first-order valence-corrected chi connectivity index (χ1v) is 10.2. The van der Waals surface area contributed by atoms with Crippen LogP contribution < -0.4 is 0 Å². The summed E-state index contributed by atoms with van der Waals surface area (Å²) in [6, 6.07) is 9.45. The summed E-state index contributed by atoms with van der Waals surface area (Å²) >= 11 is 6.02. The van der Waals surface area contributed by atoms with Crippen molar-refractivity contribution in [3.63, 3.8) is 0 Å². The Kier molecular flexibility index (Phi) is 5.74. The third-order valence-electron chi connectivity index (χ3n) is 5.58. The zero-order chi connectivity index (χ0) is 20.4. The average molecular weight is 415 g/mol. The zero-order valence-corrected chi connectivity index (χ0v) is 16.8. The summed E-state index contributed by atoms with van der Waals surface area (Å²) in [6.07, 6.45) is 4.93. The first-order valence-electron chi connectivity index (χ1n) is 9.86. The van der Waals surface area contributed by atoms with E-state index in [0.717, 1.165) is 31.5 Å². The van der Waals surface area contributed by atoms with Crippen molar-refractivity contribution in [1.29, 1.82) is 0 Å². The van der Waals surface area contributed by atoms with Crippen LogP contribution >= 0.6 is 11.6 Å². The number of hydrogen-bond donors (Lipinski definition) is 1. The highest BCUT2D eigenvalue weighted by Crippen LogP contribution is 2.39. The zero-order valence-electron chi connectivity index (χ0n) is 16.0. The summed E-state index contributed by atoms with van der Waals surface area (Å²) in [4.78, 5) is 29.8. The molecule has 1 saturated heterocycles. The second-order valence-corrected chi connectivity index (χ2v) is 7.86. The third kappa shape index (κ3) is 3.95. The van der Waals surface area contributed by atoms with Crippen LogP contribution in [0.1, 0.15) is 41.4 Å². The molecule has 1 unspecified atom stereocenters. The fourth-order valence-corrected chi connectivity index (χ4v) is 4.21. The number of piperidine rings is 1. The molecule has 7 heteroatoms. The summed E-state index contributed by atoms with van der Waals surface area (Å²) in [6.45, 7) is 3.13. The molecule has 29 heavy (non-hydrogen) atoms. The van der Waals surface area contributed by atoms with Gasteiger partial charge in [0.25, 0.3) is 5.91 Å². The van der Waals surface area contributed by atoms with Crippen molar-refractivity contribution in [2.24, 2.45) is 0 Å². The van der Waals surface area contributed by atoms with Crippen LogP contribution in [0, 0.1) is 0 Å². The molecule has 4 rings (SSSR count). The van der Waals surface area contributed by atoms with Crippen molar-refractivity contribution in [2.75, 3.05) is 26.2 Å². The largest absolute Gasteiger partial charge is 0.503 e. The number of likely N-dealkylation sites (tertiary alicyclic amines) is 1. The van der Waals surface area contributed by atoms with E-state index in [9.17, 15) is 14.7 Å². The number of hydrogen-bond acceptors (Lipinski definition) is 5. The predicted molar refractivity (Wildman–Crippen MR) is 109 cm³/mol. The third-order valence-corrected chi connectivity index (χ3v) is 5.84. The number of Topliss-reactive ketones (excluding diaryl/α,β-unsaturated/α-hetero) is 1. The van der Waals surface area contributed by atoms with Crippen molar-refractivity contribution in [1.82, 2.24) is 9.80 Å². The van der Waals surface area contributed by atoms with Crippen LogP contribution in [0.5, 0.6) is 0 Å². The Balaban J connectivity index is 1.66. The maximum absolute atomic E-state index is 13.0. The van der Waals surface area contributed by atoms with E-state index in [4.69, 9.17) is 16.0 Å². The Morgan fingerprint density at radius 2 is 1.83 bits per heavy atom. The number of halogens is 1. The number of rotatable bonds is 6. The molecule has 0 radical (unpaired) electrons. The van der Waals surface area contributed by atoms with Crippen molar-refractivity contribution in [3.8, 4) is 0 Å². The molecule has 2 aliphatic rings. The van der Waals surface area contributed by atoms with Gasteiger partial charge in [0.15, 0.2) is 11.5 Å². The lowest BCUT2D eigenvalue weighted by Gasteiger charge is -2.31. The van der Waals surface area contributed by atoms with Gasteiger partial charge in [-0.2, -0.15) is 0 Å². The van der Waals surface area contributed by atoms with Gasteiger partial charge in [0.05, 0.1) is 17.9 Å². The van der Waals surface area contributed by atoms with E-state index in [1.54, 1.807) is 35.2 Å². The number of ketones is 1. The number of furan rings is 1. The topological polar surface area (TPSA) is 74.0 Å². The minimum Gasteiger partial charge on any atom is -0.503 e. The predicted octanol–water partition coefficient (Wildman–Crippen LogP) is 4.00. The Bertz CT molecular complexity index is 915. The van der Waals surface area contributed by atoms with Crippen molar-refractivity contribution in [3.05, 3.63) is 70.3 Å². The molecule has 1 N–H and O–H groups in total. The smallest absolute Gasteiger partial charge is 0.290 e. The average Bonchev–Trinajstić information content (AvgIpc) is 3.36. The normalized spacial score (nSPS) is 20.5. The summed E-state index contributed by atoms with van der Waals surface area (Å²) in [5, 5.41) is 11.2. The summed E-state index contributed by atoms with van der Waals surface area (Å²) in [5.74, 6) is -1.43. The SMILES string of the molecule is O=C(C1=C(O)C(=O)N(CCN2CCCCC2)C1c1ccc(Cl)cc1)c1ccco1. The molecular weight excluding hydrogens is 392 g/mol. The maximum atomic E-state index is 13.0. The van der Waals surface area contributed by atoms with Crippen LogP contribution in [-0.2, 0) is 4.79 Å². The minimum absolute atomic E-state index is 0.0471. The van der Waals surface area contributed by atoms with E-state index in [1.807, 2.05) is 0 Å². The quantitative estimate of drug-likeness (QED) is 0.723. The lowest BCUT2D eigenvalue weighted by molar-refractivity contribution is -0.129. The Morgan fingerprint density at radius 1 is 1.10 bits per heavy atom. The number of amides is 1. The summed E-state index contributed by atoms with van der Waals surface area (Å²) in [5.41, 5.74) is 0.770. The van der Waals surface area contributed by atoms with Crippen molar-refractivity contribution in [2.45, 2.75) is 25.3 Å². The molecule has 1 fully saturated rings. The van der Waals surface area contributed by atoms with Gasteiger partial charge in [-0.3, -0.25) is 9.59 Å². The molecular formula is C22H23ClN2O4. The molecule has 0 saturated carbocycles. The molecule has 152 valence electrons. The minimum atomic E-state index is -0.679. The summed E-state index contributed by atoms with van der Waals surface area (Å²) in [7, 11) is 0. The molecule has 1 amide bonds. The lowest BCUT2D eigenvalue weighted by atomic mass is 9.95. The first kappa shape index (κ1) is 19.7. The molecule has 1 aromatic carbocycles. The van der Waals surface area contributed by atoms with Crippen LogP contribution in [0.15, 0.2) is 58.4 Å². The second kappa shape index (κ2) is 8.43.